The van der Waals surface area contributed by atoms with E-state index in [0.717, 1.165) is 17.0 Å². The van der Waals surface area contributed by atoms with Crippen LogP contribution in [0.5, 0.6) is 5.75 Å². The third-order valence-electron chi connectivity index (χ3n) is 2.74. The summed E-state index contributed by atoms with van der Waals surface area (Å²) in [5, 5.41) is 0. The number of H-pyrrole nitrogens is 1. The molecule has 0 atom stereocenters. The molecule has 0 fully saturated rings. The van der Waals surface area contributed by atoms with Crippen molar-refractivity contribution in [2.45, 2.75) is 26.9 Å². The summed E-state index contributed by atoms with van der Waals surface area (Å²) in [6, 6.07) is 9.46. The highest BCUT2D eigenvalue weighted by Gasteiger charge is 2.06. The Labute approximate surface area is 106 Å². The van der Waals surface area contributed by atoms with Gasteiger partial charge in [0, 0.05) is 11.3 Å². The maximum atomic E-state index is 11.8. The Morgan fingerprint density at radius 1 is 1.28 bits per heavy atom. The summed E-state index contributed by atoms with van der Waals surface area (Å²) in [6.07, 6.45) is 0.688. The maximum absolute atomic E-state index is 11.8. The highest BCUT2D eigenvalue weighted by atomic mass is 16.5. The molecule has 0 unspecified atom stereocenters. The van der Waals surface area contributed by atoms with Gasteiger partial charge in [0.05, 0.1) is 0 Å². The number of aromatic amines is 1. The van der Waals surface area contributed by atoms with Crippen molar-refractivity contribution in [3.63, 3.8) is 0 Å². The van der Waals surface area contributed by atoms with Gasteiger partial charge in [-0.05, 0) is 25.5 Å². The van der Waals surface area contributed by atoms with Gasteiger partial charge in [-0.2, -0.15) is 0 Å². The lowest BCUT2D eigenvalue weighted by atomic mass is 10.2. The van der Waals surface area contributed by atoms with Crippen LogP contribution >= 0.6 is 0 Å². The van der Waals surface area contributed by atoms with E-state index in [1.807, 2.05) is 44.2 Å². The van der Waals surface area contributed by atoms with Crippen LogP contribution in [0.3, 0.4) is 0 Å². The van der Waals surface area contributed by atoms with Crippen LogP contribution < -0.4 is 10.3 Å². The van der Waals surface area contributed by atoms with Gasteiger partial charge in [0.1, 0.15) is 18.2 Å². The number of rotatable bonds is 4. The normalized spacial score (nSPS) is 10.3. The average Bonchev–Trinajstić information content (AvgIpc) is 2.37. The summed E-state index contributed by atoms with van der Waals surface area (Å²) in [7, 11) is 0. The molecule has 0 aliphatic rings. The Bertz CT molecular complexity index is 576. The van der Waals surface area contributed by atoms with Crippen LogP contribution in [0.25, 0.3) is 0 Å². The van der Waals surface area contributed by atoms with Crippen molar-refractivity contribution in [1.29, 1.82) is 0 Å². The zero-order valence-electron chi connectivity index (χ0n) is 10.6. The Hall–Kier alpha value is -2.10. The highest BCUT2D eigenvalue weighted by Crippen LogP contribution is 2.10. The molecular formula is C14H16N2O2. The number of aryl methyl sites for hydroxylation is 1. The van der Waals surface area contributed by atoms with Crippen molar-refractivity contribution in [3.8, 4) is 5.75 Å². The van der Waals surface area contributed by atoms with Crippen LogP contribution in [0, 0.1) is 6.92 Å². The second-order valence-electron chi connectivity index (χ2n) is 4.03. The molecule has 0 spiro atoms. The minimum atomic E-state index is -0.0725. The molecule has 2 rings (SSSR count). The van der Waals surface area contributed by atoms with E-state index in [9.17, 15) is 4.79 Å². The molecule has 0 saturated heterocycles. The fourth-order valence-corrected chi connectivity index (χ4v) is 1.82. The van der Waals surface area contributed by atoms with Crippen molar-refractivity contribution in [1.82, 2.24) is 9.97 Å². The van der Waals surface area contributed by atoms with Gasteiger partial charge in [-0.1, -0.05) is 25.1 Å². The SMILES string of the molecule is CCc1c(C)nc(COc2ccccc2)[nH]c1=O. The van der Waals surface area contributed by atoms with Crippen LogP contribution in [0.2, 0.25) is 0 Å². The second-order valence-corrected chi connectivity index (χ2v) is 4.03. The molecule has 18 heavy (non-hydrogen) atoms. The van der Waals surface area contributed by atoms with Crippen LogP contribution in [0.4, 0.5) is 0 Å². The third kappa shape index (κ3) is 2.77. The van der Waals surface area contributed by atoms with Crippen LogP contribution in [-0.2, 0) is 13.0 Å². The van der Waals surface area contributed by atoms with E-state index in [0.29, 0.717) is 12.2 Å². The topological polar surface area (TPSA) is 55.0 Å². The smallest absolute Gasteiger partial charge is 0.254 e. The highest BCUT2D eigenvalue weighted by molar-refractivity contribution is 5.21. The third-order valence-corrected chi connectivity index (χ3v) is 2.74. The molecule has 0 saturated carbocycles. The summed E-state index contributed by atoms with van der Waals surface area (Å²) in [6.45, 7) is 4.06. The Morgan fingerprint density at radius 2 is 2.00 bits per heavy atom. The van der Waals surface area contributed by atoms with Crippen molar-refractivity contribution in [2.75, 3.05) is 0 Å². The van der Waals surface area contributed by atoms with Crippen molar-refractivity contribution >= 4 is 0 Å². The average molecular weight is 244 g/mol. The fourth-order valence-electron chi connectivity index (χ4n) is 1.82. The molecule has 0 bridgehead atoms. The van der Waals surface area contributed by atoms with Crippen LogP contribution in [0.1, 0.15) is 24.0 Å². The molecule has 1 aromatic carbocycles. The molecular weight excluding hydrogens is 228 g/mol. The molecule has 4 nitrogen and oxygen atoms in total. The van der Waals surface area contributed by atoms with E-state index < -0.39 is 0 Å². The van der Waals surface area contributed by atoms with Crippen LogP contribution in [0.15, 0.2) is 35.1 Å². The van der Waals surface area contributed by atoms with Crippen molar-refractivity contribution in [3.05, 3.63) is 57.8 Å². The standard InChI is InChI=1S/C14H16N2O2/c1-3-12-10(2)15-13(16-14(12)17)9-18-11-7-5-4-6-8-11/h4-8H,3,9H2,1-2H3,(H,15,16,17). The molecule has 2 aromatic rings. The summed E-state index contributed by atoms with van der Waals surface area (Å²) in [4.78, 5) is 18.8. The van der Waals surface area contributed by atoms with Crippen LogP contribution in [-0.4, -0.2) is 9.97 Å². The summed E-state index contributed by atoms with van der Waals surface area (Å²) >= 11 is 0. The Balaban J connectivity index is 2.14. The zero-order chi connectivity index (χ0) is 13.0. The number of benzene rings is 1. The number of aromatic nitrogens is 2. The van der Waals surface area contributed by atoms with Gasteiger partial charge in [0.2, 0.25) is 0 Å². The second kappa shape index (κ2) is 5.49. The zero-order valence-corrected chi connectivity index (χ0v) is 10.6. The summed E-state index contributed by atoms with van der Waals surface area (Å²) in [5.41, 5.74) is 1.43. The van der Waals surface area contributed by atoms with E-state index in [2.05, 4.69) is 9.97 Å². The van der Waals surface area contributed by atoms with Gasteiger partial charge in [-0.3, -0.25) is 4.79 Å². The number of hydrogen-bond donors (Lipinski definition) is 1. The first-order valence-corrected chi connectivity index (χ1v) is 5.97. The maximum Gasteiger partial charge on any atom is 0.254 e. The number of para-hydroxylation sites is 1. The predicted molar refractivity (Wildman–Crippen MR) is 69.7 cm³/mol. The number of ether oxygens (including phenoxy) is 1. The van der Waals surface area contributed by atoms with E-state index >= 15 is 0 Å². The molecule has 0 radical (unpaired) electrons. The lowest BCUT2D eigenvalue weighted by molar-refractivity contribution is 0.295. The van der Waals surface area contributed by atoms with E-state index in [1.54, 1.807) is 0 Å². The predicted octanol–water partition coefficient (Wildman–Crippen LogP) is 2.22. The summed E-state index contributed by atoms with van der Waals surface area (Å²) in [5.74, 6) is 1.32. The van der Waals surface area contributed by atoms with Gasteiger partial charge in [0.15, 0.2) is 0 Å². The lowest BCUT2D eigenvalue weighted by Gasteiger charge is -2.07. The molecule has 0 aliphatic heterocycles. The molecule has 1 aromatic heterocycles. The van der Waals surface area contributed by atoms with E-state index in [1.165, 1.54) is 0 Å². The number of hydrogen-bond acceptors (Lipinski definition) is 3. The quantitative estimate of drug-likeness (QED) is 0.897. The molecule has 0 amide bonds. The van der Waals surface area contributed by atoms with Crippen molar-refractivity contribution < 1.29 is 4.74 Å². The molecule has 0 aliphatic carbocycles. The Kier molecular flexibility index (Phi) is 3.77. The minimum absolute atomic E-state index is 0.0725. The first kappa shape index (κ1) is 12.4. The fraction of sp³-hybridized carbons (Fsp3) is 0.286. The first-order chi connectivity index (χ1) is 8.70. The first-order valence-electron chi connectivity index (χ1n) is 5.97. The number of nitrogens with one attached hydrogen (secondary N) is 1. The largest absolute Gasteiger partial charge is 0.486 e. The van der Waals surface area contributed by atoms with Crippen molar-refractivity contribution in [2.24, 2.45) is 0 Å². The lowest BCUT2D eigenvalue weighted by Crippen LogP contribution is -2.19. The molecule has 1 N–H and O–H groups in total. The van der Waals surface area contributed by atoms with Gasteiger partial charge in [-0.15, -0.1) is 0 Å². The summed E-state index contributed by atoms with van der Waals surface area (Å²) < 4.78 is 5.54. The van der Waals surface area contributed by atoms with Gasteiger partial charge in [0.25, 0.3) is 5.56 Å². The molecule has 4 heteroatoms. The Morgan fingerprint density at radius 3 is 2.61 bits per heavy atom. The monoisotopic (exact) mass is 244 g/mol. The van der Waals surface area contributed by atoms with Gasteiger partial charge < -0.3 is 9.72 Å². The molecule has 94 valence electrons. The molecule has 1 heterocycles. The van der Waals surface area contributed by atoms with E-state index in [-0.39, 0.29) is 12.2 Å². The van der Waals surface area contributed by atoms with Gasteiger partial charge in [-0.25, -0.2) is 4.98 Å². The minimum Gasteiger partial charge on any atom is -0.486 e. The van der Waals surface area contributed by atoms with E-state index in [4.69, 9.17) is 4.74 Å². The van der Waals surface area contributed by atoms with Gasteiger partial charge >= 0.3 is 0 Å². The number of nitrogens with zero attached hydrogens (tertiary/aromatic N) is 1.